The normalized spacial score (nSPS) is 31.4. The number of aliphatic hydroxyl groups excluding tert-OH is 2. The molecule has 1 fully saturated rings. The van der Waals surface area contributed by atoms with Crippen molar-refractivity contribution in [1.82, 2.24) is 5.32 Å². The summed E-state index contributed by atoms with van der Waals surface area (Å²) >= 11 is 0. The van der Waals surface area contributed by atoms with Crippen molar-refractivity contribution in [3.05, 3.63) is 0 Å². The van der Waals surface area contributed by atoms with Crippen molar-refractivity contribution in [2.75, 3.05) is 6.61 Å². The molecule has 15 heavy (non-hydrogen) atoms. The quantitative estimate of drug-likeness (QED) is 0.447. The van der Waals surface area contributed by atoms with Gasteiger partial charge in [0.1, 0.15) is 17.9 Å². The zero-order chi connectivity index (χ0) is 11.6. The Kier molecular flexibility index (Phi) is 4.12. The molecule has 0 radical (unpaired) electrons. The zero-order valence-electron chi connectivity index (χ0n) is 10.0. The largest absolute Gasteiger partial charge is 0.388 e. The maximum absolute atomic E-state index is 10.1. The first-order chi connectivity index (χ1) is 6.85. The van der Waals surface area contributed by atoms with Gasteiger partial charge in [-0.25, -0.2) is 0 Å². The summed E-state index contributed by atoms with van der Waals surface area (Å²) < 4.78 is 5.23. The van der Waals surface area contributed by atoms with Gasteiger partial charge in [-0.05, 0) is 26.2 Å². The smallest absolute Gasteiger partial charge is 0.116 e. The summed E-state index contributed by atoms with van der Waals surface area (Å²) in [5.74, 6) is 0.471. The van der Waals surface area contributed by atoms with Crippen LogP contribution in [0.5, 0.6) is 0 Å². The molecule has 90 valence electrons. The minimum absolute atomic E-state index is 0.113. The second-order valence-corrected chi connectivity index (χ2v) is 5.12. The summed E-state index contributed by atoms with van der Waals surface area (Å²) in [6.45, 7) is 8.36. The van der Waals surface area contributed by atoms with Gasteiger partial charge in [0.2, 0.25) is 0 Å². The first-order valence-corrected chi connectivity index (χ1v) is 5.61. The van der Waals surface area contributed by atoms with Gasteiger partial charge in [0.15, 0.2) is 0 Å². The van der Waals surface area contributed by atoms with E-state index < -0.39 is 17.9 Å². The third-order valence-electron chi connectivity index (χ3n) is 2.79. The molecule has 0 aromatic rings. The van der Waals surface area contributed by atoms with E-state index in [1.807, 2.05) is 6.92 Å². The van der Waals surface area contributed by atoms with E-state index in [2.05, 4.69) is 19.2 Å². The predicted molar refractivity (Wildman–Crippen MR) is 58.4 cm³/mol. The highest BCUT2D eigenvalue weighted by atomic mass is 16.6. The molecule has 1 aliphatic heterocycles. The minimum atomic E-state index is -0.606. The lowest BCUT2D eigenvalue weighted by Crippen LogP contribution is -2.50. The van der Waals surface area contributed by atoms with Crippen LogP contribution in [0.25, 0.3) is 0 Å². The summed E-state index contributed by atoms with van der Waals surface area (Å²) in [5.41, 5.74) is -0.415. The fraction of sp³-hybridized carbons (Fsp3) is 1.00. The van der Waals surface area contributed by atoms with Crippen LogP contribution in [0.1, 0.15) is 34.1 Å². The summed E-state index contributed by atoms with van der Waals surface area (Å²) in [6.07, 6.45) is -0.342. The second-order valence-electron chi connectivity index (χ2n) is 5.12. The molecular formula is C11H23NO3. The molecule has 3 N–H and O–H groups in total. The average molecular weight is 217 g/mol. The molecule has 4 nitrogen and oxygen atoms in total. The Morgan fingerprint density at radius 1 is 1.33 bits per heavy atom. The van der Waals surface area contributed by atoms with Crippen molar-refractivity contribution in [1.29, 1.82) is 0 Å². The summed E-state index contributed by atoms with van der Waals surface area (Å²) in [4.78, 5) is 0. The molecule has 2 unspecified atom stereocenters. The van der Waals surface area contributed by atoms with Gasteiger partial charge in [0, 0.05) is 6.04 Å². The predicted octanol–water partition coefficient (Wildman–Crippen LogP) is 0.479. The van der Waals surface area contributed by atoms with E-state index in [1.54, 1.807) is 6.92 Å². The van der Waals surface area contributed by atoms with Crippen LogP contribution in [-0.4, -0.2) is 40.8 Å². The molecule has 0 aromatic heterocycles. The highest BCUT2D eigenvalue weighted by Gasteiger charge is 2.49. The van der Waals surface area contributed by atoms with E-state index in [9.17, 15) is 10.2 Å². The Morgan fingerprint density at radius 2 is 1.87 bits per heavy atom. The highest BCUT2D eigenvalue weighted by Crippen LogP contribution is 2.33. The Morgan fingerprint density at radius 3 is 2.20 bits per heavy atom. The van der Waals surface area contributed by atoms with Crippen molar-refractivity contribution >= 4 is 0 Å². The fourth-order valence-corrected chi connectivity index (χ4v) is 1.82. The van der Waals surface area contributed by atoms with Crippen LogP contribution in [0.2, 0.25) is 0 Å². The Hall–Kier alpha value is -0.160. The van der Waals surface area contributed by atoms with E-state index in [1.165, 1.54) is 0 Å². The van der Waals surface area contributed by atoms with Gasteiger partial charge < -0.3 is 14.9 Å². The zero-order valence-corrected chi connectivity index (χ0v) is 10.0. The molecule has 0 saturated carbocycles. The monoisotopic (exact) mass is 217 g/mol. The molecule has 1 aliphatic rings. The molecule has 0 aromatic carbocycles. The molecule has 4 heteroatoms. The van der Waals surface area contributed by atoms with Crippen LogP contribution in [0, 0.1) is 5.92 Å². The minimum Gasteiger partial charge on any atom is -0.388 e. The molecule has 0 aliphatic carbocycles. The molecule has 1 heterocycles. The number of ether oxygens (including phenoxy) is 1. The number of nitrogens with one attached hydrogen (secondary N) is 1. The van der Waals surface area contributed by atoms with Crippen molar-refractivity contribution < 1.29 is 14.9 Å². The third-order valence-corrected chi connectivity index (χ3v) is 2.79. The molecule has 0 spiro atoms. The molecule has 1 saturated heterocycles. The van der Waals surface area contributed by atoms with Crippen LogP contribution in [0.4, 0.5) is 0 Å². The molecule has 4 atom stereocenters. The van der Waals surface area contributed by atoms with Crippen molar-refractivity contribution in [2.24, 2.45) is 5.92 Å². The number of rotatable bonds is 6. The van der Waals surface area contributed by atoms with E-state index >= 15 is 0 Å². The van der Waals surface area contributed by atoms with E-state index in [0.29, 0.717) is 12.5 Å². The maximum Gasteiger partial charge on any atom is 0.116 e. The topological polar surface area (TPSA) is 65.0 Å². The molecule has 1 rings (SSSR count). The number of hydrogen-bond donors (Lipinski definition) is 3. The van der Waals surface area contributed by atoms with Gasteiger partial charge >= 0.3 is 0 Å². The second kappa shape index (κ2) is 4.78. The Balaban J connectivity index is 2.54. The van der Waals surface area contributed by atoms with Gasteiger partial charge in [-0.1, -0.05) is 13.8 Å². The first kappa shape index (κ1) is 12.9. The first-order valence-electron chi connectivity index (χ1n) is 5.61. The van der Waals surface area contributed by atoms with Crippen molar-refractivity contribution in [2.45, 2.75) is 58.1 Å². The molecular weight excluding hydrogens is 194 g/mol. The summed E-state index contributed by atoms with van der Waals surface area (Å²) in [5, 5.41) is 22.4. The maximum atomic E-state index is 10.1. The number of hydrogen-bond acceptors (Lipinski definition) is 4. The van der Waals surface area contributed by atoms with Gasteiger partial charge in [0.25, 0.3) is 0 Å². The average Bonchev–Trinajstić information content (AvgIpc) is 2.81. The lowest BCUT2D eigenvalue weighted by atomic mass is 9.92. The van der Waals surface area contributed by atoms with Gasteiger partial charge in [-0.3, -0.25) is 5.32 Å². The van der Waals surface area contributed by atoms with Crippen LogP contribution >= 0.6 is 0 Å². The lowest BCUT2D eigenvalue weighted by Gasteiger charge is -2.29. The summed E-state index contributed by atoms with van der Waals surface area (Å²) in [7, 11) is 0. The van der Waals surface area contributed by atoms with Crippen molar-refractivity contribution in [3.63, 3.8) is 0 Å². The van der Waals surface area contributed by atoms with Crippen LogP contribution in [0.15, 0.2) is 0 Å². The third kappa shape index (κ3) is 3.72. The van der Waals surface area contributed by atoms with Crippen LogP contribution in [-0.2, 0) is 4.74 Å². The fourth-order valence-electron chi connectivity index (χ4n) is 1.82. The van der Waals surface area contributed by atoms with E-state index in [4.69, 9.17) is 4.74 Å². The Labute approximate surface area is 91.6 Å². The van der Waals surface area contributed by atoms with Crippen LogP contribution < -0.4 is 5.32 Å². The van der Waals surface area contributed by atoms with E-state index in [-0.39, 0.29) is 6.04 Å². The Bertz CT molecular complexity index is 192. The van der Waals surface area contributed by atoms with Crippen LogP contribution in [0.3, 0.4) is 0 Å². The SMILES string of the molecule is CC(C)C[C@H](NC(C)O)C(O)[C@@]1(C)CO1. The van der Waals surface area contributed by atoms with Gasteiger partial charge in [-0.2, -0.15) is 0 Å². The molecule has 0 bridgehead atoms. The standard InChI is InChI=1S/C11H23NO3/c1-7(2)5-9(12-8(3)13)10(14)11(4)6-15-11/h7-10,12-14H,5-6H2,1-4H3/t8?,9-,10?,11+/m0/s1. The van der Waals surface area contributed by atoms with E-state index in [0.717, 1.165) is 6.42 Å². The molecule has 0 amide bonds. The highest BCUT2D eigenvalue weighted by molar-refractivity contribution is 5.00. The lowest BCUT2D eigenvalue weighted by molar-refractivity contribution is 0.0199. The van der Waals surface area contributed by atoms with Gasteiger partial charge in [-0.15, -0.1) is 0 Å². The van der Waals surface area contributed by atoms with Gasteiger partial charge in [0.05, 0.1) is 6.61 Å². The number of epoxide rings is 1. The summed E-state index contributed by atoms with van der Waals surface area (Å²) in [6, 6.07) is -0.113. The number of aliphatic hydroxyl groups is 2. The van der Waals surface area contributed by atoms with Crippen molar-refractivity contribution in [3.8, 4) is 0 Å².